The smallest absolute Gasteiger partial charge is 0.174 e. The number of nitrogens with one attached hydrogen (secondary N) is 2. The van der Waals surface area contributed by atoms with Crippen molar-refractivity contribution in [3.8, 4) is 0 Å². The van der Waals surface area contributed by atoms with Crippen molar-refractivity contribution in [2.24, 2.45) is 11.3 Å². The van der Waals surface area contributed by atoms with Crippen LogP contribution >= 0.6 is 12.2 Å². The predicted octanol–water partition coefficient (Wildman–Crippen LogP) is 3.86. The molecule has 2 nitrogen and oxygen atoms in total. The van der Waals surface area contributed by atoms with Crippen molar-refractivity contribution < 1.29 is 0 Å². The van der Waals surface area contributed by atoms with Gasteiger partial charge in [-0.3, -0.25) is 0 Å². The second-order valence-electron chi connectivity index (χ2n) is 5.20. The first-order valence-corrected chi connectivity index (χ1v) is 6.59. The first kappa shape index (κ1) is 11.5. The van der Waals surface area contributed by atoms with Crippen LogP contribution < -0.4 is 0 Å². The summed E-state index contributed by atoms with van der Waals surface area (Å²) in [5, 5.41) is 0. The molecule has 0 fully saturated rings. The fourth-order valence-electron chi connectivity index (χ4n) is 2.84. The van der Waals surface area contributed by atoms with Gasteiger partial charge in [-0.25, -0.2) is 0 Å². The number of rotatable bonds is 2. The van der Waals surface area contributed by atoms with Crippen LogP contribution in [-0.2, 0) is 6.42 Å². The highest BCUT2D eigenvalue weighted by Gasteiger charge is 2.34. The monoisotopic (exact) mass is 256 g/mol. The van der Waals surface area contributed by atoms with Crippen LogP contribution in [0, 0.1) is 16.1 Å². The summed E-state index contributed by atoms with van der Waals surface area (Å²) in [5.74, 6) is 0.448. The van der Waals surface area contributed by atoms with Gasteiger partial charge >= 0.3 is 0 Å². The van der Waals surface area contributed by atoms with Gasteiger partial charge in [0.2, 0.25) is 0 Å². The molecule has 0 radical (unpaired) electrons. The SMILES string of the molecule is CC1(Cc2c[nH]c(=S)[nH]2)C=CC=C2C=CC=CC21. The largest absolute Gasteiger partial charge is 0.337 e. The molecule has 0 aromatic carbocycles. The van der Waals surface area contributed by atoms with Crippen molar-refractivity contribution in [3.63, 3.8) is 0 Å². The molecule has 1 heterocycles. The Kier molecular flexibility index (Phi) is 2.71. The third-order valence-electron chi connectivity index (χ3n) is 3.76. The van der Waals surface area contributed by atoms with Crippen LogP contribution in [0.4, 0.5) is 0 Å². The zero-order valence-electron chi connectivity index (χ0n) is 10.3. The number of fused-ring (bicyclic) bond motifs is 1. The van der Waals surface area contributed by atoms with Crippen LogP contribution in [0.3, 0.4) is 0 Å². The highest BCUT2D eigenvalue weighted by atomic mass is 32.1. The Morgan fingerprint density at radius 1 is 1.33 bits per heavy atom. The Morgan fingerprint density at radius 3 is 3.00 bits per heavy atom. The second-order valence-corrected chi connectivity index (χ2v) is 5.61. The highest BCUT2D eigenvalue weighted by molar-refractivity contribution is 7.71. The van der Waals surface area contributed by atoms with Crippen molar-refractivity contribution in [1.82, 2.24) is 9.97 Å². The molecule has 0 bridgehead atoms. The van der Waals surface area contributed by atoms with Gasteiger partial charge in [0.05, 0.1) is 0 Å². The molecule has 0 saturated carbocycles. The standard InChI is InChI=1S/C15H16N2S/c1-15(9-12-10-16-14(18)17-12)8-4-6-11-5-2-3-7-13(11)15/h2-8,10,13H,9H2,1H3,(H2,16,17,18). The topological polar surface area (TPSA) is 31.6 Å². The van der Waals surface area contributed by atoms with Gasteiger partial charge in [0.15, 0.2) is 4.77 Å². The molecule has 0 aliphatic heterocycles. The maximum Gasteiger partial charge on any atom is 0.174 e. The normalized spacial score (nSPS) is 29.2. The summed E-state index contributed by atoms with van der Waals surface area (Å²) in [5.41, 5.74) is 2.65. The van der Waals surface area contributed by atoms with E-state index in [1.54, 1.807) is 0 Å². The molecule has 1 aromatic heterocycles. The molecule has 18 heavy (non-hydrogen) atoms. The van der Waals surface area contributed by atoms with E-state index in [9.17, 15) is 0 Å². The van der Waals surface area contributed by atoms with Crippen LogP contribution in [0.15, 0.2) is 54.3 Å². The van der Waals surface area contributed by atoms with Crippen LogP contribution in [0.25, 0.3) is 0 Å². The zero-order valence-corrected chi connectivity index (χ0v) is 11.1. The summed E-state index contributed by atoms with van der Waals surface area (Å²) in [6.45, 7) is 2.30. The van der Waals surface area contributed by atoms with Crippen molar-refractivity contribution in [1.29, 1.82) is 0 Å². The first-order chi connectivity index (χ1) is 8.67. The summed E-state index contributed by atoms with van der Waals surface area (Å²) in [4.78, 5) is 6.24. The summed E-state index contributed by atoms with van der Waals surface area (Å²) in [6, 6.07) is 0. The molecule has 2 aliphatic rings. The molecule has 1 aromatic rings. The van der Waals surface area contributed by atoms with Gasteiger partial charge < -0.3 is 9.97 Å². The third-order valence-corrected chi connectivity index (χ3v) is 3.98. The average Bonchev–Trinajstić information content (AvgIpc) is 2.75. The van der Waals surface area contributed by atoms with Gasteiger partial charge in [0.25, 0.3) is 0 Å². The molecule has 2 N–H and O–H groups in total. The quantitative estimate of drug-likeness (QED) is 0.774. The molecule has 3 heteroatoms. The Hall–Kier alpha value is -1.61. The zero-order chi connectivity index (χ0) is 12.6. The molecule has 92 valence electrons. The second kappa shape index (κ2) is 4.25. The van der Waals surface area contributed by atoms with E-state index in [2.05, 4.69) is 59.4 Å². The van der Waals surface area contributed by atoms with Gasteiger partial charge in [-0.2, -0.15) is 0 Å². The fourth-order valence-corrected chi connectivity index (χ4v) is 3.03. The van der Waals surface area contributed by atoms with Crippen LogP contribution in [0.5, 0.6) is 0 Å². The van der Waals surface area contributed by atoms with Crippen LogP contribution in [0.1, 0.15) is 12.6 Å². The summed E-state index contributed by atoms with van der Waals surface area (Å²) >= 11 is 5.09. The van der Waals surface area contributed by atoms with Crippen molar-refractivity contribution in [2.45, 2.75) is 13.3 Å². The van der Waals surface area contributed by atoms with Gasteiger partial charge in [-0.1, -0.05) is 49.5 Å². The lowest BCUT2D eigenvalue weighted by atomic mass is 9.67. The van der Waals surface area contributed by atoms with E-state index in [0.29, 0.717) is 10.7 Å². The molecule has 2 atom stereocenters. The number of aromatic amines is 2. The van der Waals surface area contributed by atoms with Crippen molar-refractivity contribution in [2.75, 3.05) is 0 Å². The van der Waals surface area contributed by atoms with Crippen LogP contribution in [-0.4, -0.2) is 9.97 Å². The molecule has 2 unspecified atom stereocenters. The maximum absolute atomic E-state index is 5.09. The molecule has 2 aliphatic carbocycles. The lowest BCUT2D eigenvalue weighted by molar-refractivity contribution is 0.338. The van der Waals surface area contributed by atoms with Gasteiger partial charge in [0.1, 0.15) is 0 Å². The fraction of sp³-hybridized carbons (Fsp3) is 0.267. The highest BCUT2D eigenvalue weighted by Crippen LogP contribution is 2.42. The lowest BCUT2D eigenvalue weighted by Gasteiger charge is -2.37. The van der Waals surface area contributed by atoms with E-state index in [1.807, 2.05) is 6.20 Å². The maximum atomic E-state index is 5.09. The number of hydrogen-bond acceptors (Lipinski definition) is 1. The number of allylic oxidation sites excluding steroid dienone is 8. The van der Waals surface area contributed by atoms with E-state index < -0.39 is 0 Å². The van der Waals surface area contributed by atoms with E-state index in [0.717, 1.165) is 12.1 Å². The Bertz CT molecular complexity index is 627. The average molecular weight is 256 g/mol. The molecular weight excluding hydrogens is 240 g/mol. The summed E-state index contributed by atoms with van der Waals surface area (Å²) < 4.78 is 0.697. The molecule has 0 spiro atoms. The Labute approximate surface area is 112 Å². The summed E-state index contributed by atoms with van der Waals surface area (Å²) in [7, 11) is 0. The minimum Gasteiger partial charge on any atom is -0.337 e. The van der Waals surface area contributed by atoms with Gasteiger partial charge in [-0.05, 0) is 24.2 Å². The lowest BCUT2D eigenvalue weighted by Crippen LogP contribution is -2.30. The minimum atomic E-state index is 0.103. The predicted molar refractivity (Wildman–Crippen MR) is 76.8 cm³/mol. The minimum absolute atomic E-state index is 0.103. The van der Waals surface area contributed by atoms with Crippen molar-refractivity contribution >= 4 is 12.2 Å². The molecular formula is C15H16N2S. The number of hydrogen-bond donors (Lipinski definition) is 2. The Morgan fingerprint density at radius 2 is 2.22 bits per heavy atom. The third kappa shape index (κ3) is 1.95. The number of aromatic nitrogens is 2. The van der Waals surface area contributed by atoms with Gasteiger partial charge in [0, 0.05) is 23.2 Å². The summed E-state index contributed by atoms with van der Waals surface area (Å²) in [6.07, 6.45) is 18.3. The molecule has 3 rings (SSSR count). The molecule has 0 saturated heterocycles. The van der Waals surface area contributed by atoms with Gasteiger partial charge in [-0.15, -0.1) is 0 Å². The number of H-pyrrole nitrogens is 2. The van der Waals surface area contributed by atoms with E-state index >= 15 is 0 Å². The first-order valence-electron chi connectivity index (χ1n) is 6.18. The van der Waals surface area contributed by atoms with E-state index in [4.69, 9.17) is 12.2 Å². The Balaban J connectivity index is 1.93. The molecule has 0 amide bonds. The number of imidazole rings is 1. The van der Waals surface area contributed by atoms with E-state index in [1.165, 1.54) is 5.57 Å². The van der Waals surface area contributed by atoms with Crippen molar-refractivity contribution in [3.05, 3.63) is 64.8 Å². The van der Waals surface area contributed by atoms with Crippen LogP contribution in [0.2, 0.25) is 0 Å². The van der Waals surface area contributed by atoms with E-state index in [-0.39, 0.29) is 5.41 Å².